The first kappa shape index (κ1) is 22.2. The molecule has 0 aliphatic carbocycles. The van der Waals surface area contributed by atoms with Crippen LogP contribution in [-0.4, -0.2) is 40.3 Å². The van der Waals surface area contributed by atoms with Crippen LogP contribution in [0.1, 0.15) is 19.8 Å². The highest BCUT2D eigenvalue weighted by atomic mass is 35.5. The average molecular weight is 462 g/mol. The summed E-state index contributed by atoms with van der Waals surface area (Å²) in [5.74, 6) is 3.55. The molecular weight excluding hydrogens is 440 g/mol. The van der Waals surface area contributed by atoms with E-state index in [9.17, 15) is 8.78 Å². The SMILES string of the molecule is CC1(CSc2nc(Oc3ncc(Cl)cc3OCC(F)F)ccc2N)CCSCC1. The molecule has 3 heterocycles. The van der Waals surface area contributed by atoms with Crippen molar-refractivity contribution < 1.29 is 18.3 Å². The molecule has 0 saturated carbocycles. The van der Waals surface area contributed by atoms with Gasteiger partial charge >= 0.3 is 0 Å². The van der Waals surface area contributed by atoms with E-state index in [1.54, 1.807) is 23.9 Å². The van der Waals surface area contributed by atoms with E-state index in [0.29, 0.717) is 10.7 Å². The molecule has 3 rings (SSSR count). The van der Waals surface area contributed by atoms with Crippen LogP contribution in [0.2, 0.25) is 5.02 Å². The Bertz CT molecular complexity index is 839. The minimum absolute atomic E-state index is 0.0135. The Morgan fingerprint density at radius 2 is 2.10 bits per heavy atom. The third-order valence-electron chi connectivity index (χ3n) is 4.47. The summed E-state index contributed by atoms with van der Waals surface area (Å²) < 4.78 is 35.7. The number of nitrogen functional groups attached to an aromatic ring is 1. The largest absolute Gasteiger partial charge is 0.482 e. The van der Waals surface area contributed by atoms with Gasteiger partial charge in [0, 0.05) is 24.1 Å². The molecule has 0 bridgehead atoms. The lowest BCUT2D eigenvalue weighted by Crippen LogP contribution is -2.25. The lowest BCUT2D eigenvalue weighted by atomic mass is 9.87. The third kappa shape index (κ3) is 6.52. The fourth-order valence-corrected chi connectivity index (χ4v) is 5.49. The van der Waals surface area contributed by atoms with Crippen molar-refractivity contribution in [2.45, 2.75) is 31.2 Å². The highest BCUT2D eigenvalue weighted by molar-refractivity contribution is 7.99. The lowest BCUT2D eigenvalue weighted by Gasteiger charge is -2.32. The molecule has 2 aromatic rings. The van der Waals surface area contributed by atoms with Crippen LogP contribution in [0.5, 0.6) is 17.5 Å². The summed E-state index contributed by atoms with van der Waals surface area (Å²) in [7, 11) is 0. The second-order valence-corrected chi connectivity index (χ2v) is 9.64. The number of alkyl halides is 2. The number of thioether (sulfide) groups is 2. The highest BCUT2D eigenvalue weighted by Crippen LogP contribution is 2.40. The molecule has 2 N–H and O–H groups in total. The number of pyridine rings is 2. The van der Waals surface area contributed by atoms with Crippen molar-refractivity contribution >= 4 is 40.8 Å². The second kappa shape index (κ2) is 10.0. The van der Waals surface area contributed by atoms with Crippen LogP contribution in [0, 0.1) is 5.41 Å². The summed E-state index contributed by atoms with van der Waals surface area (Å²) in [5.41, 5.74) is 6.91. The molecule has 29 heavy (non-hydrogen) atoms. The van der Waals surface area contributed by atoms with Crippen LogP contribution in [0.15, 0.2) is 29.4 Å². The van der Waals surface area contributed by atoms with Crippen LogP contribution in [0.25, 0.3) is 0 Å². The van der Waals surface area contributed by atoms with Crippen LogP contribution >= 0.6 is 35.1 Å². The van der Waals surface area contributed by atoms with E-state index in [4.69, 9.17) is 26.8 Å². The number of rotatable bonds is 8. The predicted octanol–water partition coefficient (Wildman–Crippen LogP) is 5.77. The van der Waals surface area contributed by atoms with E-state index in [2.05, 4.69) is 16.9 Å². The maximum atomic E-state index is 12.5. The standard InChI is InChI=1S/C19H22ClF2N3O2S2/c1-19(4-6-28-7-5-19)11-29-18-13(23)2-3-16(25-18)27-17-14(26-10-15(21)22)8-12(20)9-24-17/h2-3,8-9,15H,4-7,10-11,23H2,1H3. The molecule has 2 aromatic heterocycles. The van der Waals surface area contributed by atoms with Crippen molar-refractivity contribution in [3.05, 3.63) is 29.4 Å². The molecular formula is C19H22ClF2N3O2S2. The number of aromatic nitrogens is 2. The number of hydrogen-bond donors (Lipinski definition) is 1. The fraction of sp³-hybridized carbons (Fsp3) is 0.474. The normalized spacial score (nSPS) is 16.0. The Balaban J connectivity index is 1.72. The molecule has 5 nitrogen and oxygen atoms in total. The predicted molar refractivity (Wildman–Crippen MR) is 115 cm³/mol. The van der Waals surface area contributed by atoms with Gasteiger partial charge in [-0.25, -0.2) is 18.7 Å². The Kier molecular flexibility index (Phi) is 7.70. The number of nitrogens with two attached hydrogens (primary N) is 1. The average Bonchev–Trinajstić information content (AvgIpc) is 2.69. The summed E-state index contributed by atoms with van der Waals surface area (Å²) in [4.78, 5) is 8.51. The van der Waals surface area contributed by atoms with Gasteiger partial charge < -0.3 is 15.2 Å². The summed E-state index contributed by atoms with van der Waals surface area (Å²) in [6.07, 6.45) is 1.06. The van der Waals surface area contributed by atoms with E-state index in [0.717, 1.165) is 5.75 Å². The monoisotopic (exact) mass is 461 g/mol. The Morgan fingerprint density at radius 1 is 1.34 bits per heavy atom. The van der Waals surface area contributed by atoms with Gasteiger partial charge in [-0.05, 0) is 35.8 Å². The van der Waals surface area contributed by atoms with Crippen molar-refractivity contribution in [3.63, 3.8) is 0 Å². The number of hydrogen-bond acceptors (Lipinski definition) is 7. The van der Waals surface area contributed by atoms with Crippen LogP contribution in [0.3, 0.4) is 0 Å². The minimum Gasteiger partial charge on any atom is -0.482 e. The van der Waals surface area contributed by atoms with Gasteiger partial charge in [-0.15, -0.1) is 11.8 Å². The molecule has 10 heteroatoms. The van der Waals surface area contributed by atoms with E-state index in [-0.39, 0.29) is 27.9 Å². The molecule has 0 unspecified atom stereocenters. The van der Waals surface area contributed by atoms with Crippen molar-refractivity contribution in [2.75, 3.05) is 29.6 Å². The zero-order chi connectivity index (χ0) is 20.9. The molecule has 1 aliphatic rings. The highest BCUT2D eigenvalue weighted by Gasteiger charge is 2.27. The molecule has 0 spiro atoms. The Morgan fingerprint density at radius 3 is 2.83 bits per heavy atom. The molecule has 1 aliphatic heterocycles. The minimum atomic E-state index is -2.63. The number of anilines is 1. The number of ether oxygens (including phenoxy) is 2. The van der Waals surface area contributed by atoms with Gasteiger partial charge in [0.2, 0.25) is 5.88 Å². The lowest BCUT2D eigenvalue weighted by molar-refractivity contribution is 0.0804. The van der Waals surface area contributed by atoms with Crippen molar-refractivity contribution in [2.24, 2.45) is 5.41 Å². The summed E-state index contributed by atoms with van der Waals surface area (Å²) >= 11 is 9.48. The van der Waals surface area contributed by atoms with Gasteiger partial charge in [-0.2, -0.15) is 11.8 Å². The molecule has 0 amide bonds. The maximum Gasteiger partial charge on any atom is 0.272 e. The van der Waals surface area contributed by atoms with Crippen molar-refractivity contribution in [1.29, 1.82) is 0 Å². The second-order valence-electron chi connectivity index (χ2n) is 7.02. The molecule has 1 saturated heterocycles. The first-order valence-corrected chi connectivity index (χ1v) is 11.6. The van der Waals surface area contributed by atoms with Gasteiger partial charge in [-0.3, -0.25) is 0 Å². The summed E-state index contributed by atoms with van der Waals surface area (Å²) in [5, 5.41) is 0.924. The van der Waals surface area contributed by atoms with E-state index >= 15 is 0 Å². The molecule has 0 atom stereocenters. The fourth-order valence-electron chi connectivity index (χ4n) is 2.70. The third-order valence-corrected chi connectivity index (χ3v) is 7.11. The molecule has 0 aromatic carbocycles. The van der Waals surface area contributed by atoms with Gasteiger partial charge in [0.15, 0.2) is 5.75 Å². The van der Waals surface area contributed by atoms with Gasteiger partial charge in [-0.1, -0.05) is 18.5 Å². The molecule has 1 fully saturated rings. The summed E-state index contributed by atoms with van der Waals surface area (Å²) in [6, 6.07) is 4.69. The molecule has 0 radical (unpaired) electrons. The molecule has 158 valence electrons. The quantitative estimate of drug-likeness (QED) is 0.500. The zero-order valence-electron chi connectivity index (χ0n) is 15.9. The topological polar surface area (TPSA) is 70.3 Å². The van der Waals surface area contributed by atoms with Gasteiger partial charge in [0.1, 0.15) is 11.6 Å². The van der Waals surface area contributed by atoms with E-state index in [1.165, 1.54) is 36.6 Å². The van der Waals surface area contributed by atoms with Crippen LogP contribution in [0.4, 0.5) is 14.5 Å². The number of halogens is 3. The van der Waals surface area contributed by atoms with Gasteiger partial charge in [0.25, 0.3) is 12.3 Å². The van der Waals surface area contributed by atoms with Gasteiger partial charge in [0.05, 0.1) is 10.7 Å². The number of nitrogens with zero attached hydrogens (tertiary/aromatic N) is 2. The van der Waals surface area contributed by atoms with Crippen molar-refractivity contribution in [1.82, 2.24) is 9.97 Å². The first-order valence-electron chi connectivity index (χ1n) is 9.06. The Labute approximate surface area is 182 Å². The smallest absolute Gasteiger partial charge is 0.272 e. The maximum absolute atomic E-state index is 12.5. The first-order chi connectivity index (χ1) is 13.8. The van der Waals surface area contributed by atoms with Crippen molar-refractivity contribution in [3.8, 4) is 17.5 Å². The van der Waals surface area contributed by atoms with Crippen LogP contribution in [-0.2, 0) is 0 Å². The summed E-state index contributed by atoms with van der Waals surface area (Å²) in [6.45, 7) is 1.51. The van der Waals surface area contributed by atoms with E-state index < -0.39 is 13.0 Å². The Hall–Kier alpha value is -1.45. The van der Waals surface area contributed by atoms with E-state index in [1.807, 2.05) is 11.8 Å². The van der Waals surface area contributed by atoms with Crippen LogP contribution < -0.4 is 15.2 Å². The zero-order valence-corrected chi connectivity index (χ0v) is 18.3.